The topological polar surface area (TPSA) is 57.4 Å². The molecule has 35 heavy (non-hydrogen) atoms. The number of hydrogen-bond donors (Lipinski definition) is 1. The van der Waals surface area contributed by atoms with E-state index < -0.39 is 0 Å². The lowest BCUT2D eigenvalue weighted by Crippen LogP contribution is -2.34. The van der Waals surface area contributed by atoms with Gasteiger partial charge in [0.15, 0.2) is 0 Å². The Balaban J connectivity index is 1.18. The molecule has 0 spiro atoms. The van der Waals surface area contributed by atoms with Crippen LogP contribution >= 0.6 is 0 Å². The molecule has 1 fully saturated rings. The number of nitrogens with zero attached hydrogens (tertiary/aromatic N) is 2. The van der Waals surface area contributed by atoms with Gasteiger partial charge in [-0.05, 0) is 73.5 Å². The number of hydrogen-bond acceptors (Lipinski definition) is 4. The molecule has 6 nitrogen and oxygen atoms in total. The molecular weight excluding hydrogens is 438 g/mol. The summed E-state index contributed by atoms with van der Waals surface area (Å²) in [5, 5.41) is 3.59. The normalized spacial score (nSPS) is 14.1. The summed E-state index contributed by atoms with van der Waals surface area (Å²) in [6.45, 7) is 1.49. The fraction of sp³-hybridized carbons (Fsp3) is 0.276. The Morgan fingerprint density at radius 1 is 0.714 bits per heavy atom. The highest BCUT2D eigenvalue weighted by Crippen LogP contribution is 2.22. The summed E-state index contributed by atoms with van der Waals surface area (Å²) in [5.74, 6) is 2.30. The third-order valence-corrected chi connectivity index (χ3v) is 6.39. The molecule has 0 bridgehead atoms. The molecule has 1 saturated carbocycles. The van der Waals surface area contributed by atoms with Crippen molar-refractivity contribution in [3.63, 3.8) is 0 Å². The minimum absolute atomic E-state index is 0.132. The van der Waals surface area contributed by atoms with E-state index in [1.54, 1.807) is 21.5 Å². The number of benzene rings is 3. The van der Waals surface area contributed by atoms with Crippen LogP contribution in [0.15, 0.2) is 96.1 Å². The lowest BCUT2D eigenvalue weighted by Gasteiger charge is -2.22. The van der Waals surface area contributed by atoms with Gasteiger partial charge in [-0.3, -0.25) is 9.13 Å². The van der Waals surface area contributed by atoms with Crippen molar-refractivity contribution in [2.45, 2.75) is 38.1 Å². The van der Waals surface area contributed by atoms with Gasteiger partial charge in [-0.2, -0.15) is 0 Å². The average Bonchev–Trinajstić information content (AvgIpc) is 3.30. The number of aromatic nitrogens is 2. The second-order valence-electron chi connectivity index (χ2n) is 8.86. The maximum absolute atomic E-state index is 13.0. The summed E-state index contributed by atoms with van der Waals surface area (Å²) >= 11 is 0. The van der Waals surface area contributed by atoms with Crippen LogP contribution in [0.5, 0.6) is 17.2 Å². The van der Waals surface area contributed by atoms with Crippen molar-refractivity contribution in [1.82, 2.24) is 14.5 Å². The third-order valence-electron chi connectivity index (χ3n) is 6.39. The zero-order chi connectivity index (χ0) is 23.9. The molecule has 1 heterocycles. The van der Waals surface area contributed by atoms with Crippen molar-refractivity contribution in [2.75, 3.05) is 13.2 Å². The van der Waals surface area contributed by atoms with Crippen LogP contribution in [0.1, 0.15) is 32.1 Å². The summed E-state index contributed by atoms with van der Waals surface area (Å²) in [5.41, 5.74) is 1.44. The highest BCUT2D eigenvalue weighted by molar-refractivity contribution is 5.41. The molecular formula is C29H31N3O3. The van der Waals surface area contributed by atoms with Crippen LogP contribution in [-0.2, 0) is 0 Å². The first-order valence-electron chi connectivity index (χ1n) is 12.4. The SMILES string of the molecule is O=c1n(-c2ccc(OCCNC3CCCCC3)cc2)ccn1-c1ccc(Oc2ccccc2)cc1. The van der Waals surface area contributed by atoms with Crippen LogP contribution in [0, 0.1) is 0 Å². The highest BCUT2D eigenvalue weighted by Gasteiger charge is 2.12. The van der Waals surface area contributed by atoms with Crippen LogP contribution in [0.4, 0.5) is 0 Å². The van der Waals surface area contributed by atoms with E-state index in [2.05, 4.69) is 5.32 Å². The molecule has 0 saturated heterocycles. The highest BCUT2D eigenvalue weighted by atomic mass is 16.5. The molecule has 4 aromatic rings. The van der Waals surface area contributed by atoms with E-state index in [0.29, 0.717) is 12.6 Å². The Labute approximate surface area is 205 Å². The molecule has 0 amide bonds. The molecule has 0 unspecified atom stereocenters. The fourth-order valence-electron chi connectivity index (χ4n) is 4.51. The van der Waals surface area contributed by atoms with Gasteiger partial charge in [0.2, 0.25) is 0 Å². The first-order valence-corrected chi connectivity index (χ1v) is 12.4. The molecule has 180 valence electrons. The van der Waals surface area contributed by atoms with Crippen LogP contribution in [0.3, 0.4) is 0 Å². The minimum Gasteiger partial charge on any atom is -0.492 e. The Morgan fingerprint density at radius 2 is 1.29 bits per heavy atom. The predicted molar refractivity (Wildman–Crippen MR) is 138 cm³/mol. The Kier molecular flexibility index (Phi) is 7.29. The van der Waals surface area contributed by atoms with Crippen LogP contribution in [0.25, 0.3) is 11.4 Å². The minimum atomic E-state index is -0.132. The van der Waals surface area contributed by atoms with Gasteiger partial charge in [0, 0.05) is 25.0 Å². The molecule has 1 aliphatic carbocycles. The van der Waals surface area contributed by atoms with Crippen molar-refractivity contribution in [3.8, 4) is 28.6 Å². The van der Waals surface area contributed by atoms with Crippen molar-refractivity contribution in [3.05, 3.63) is 102 Å². The second-order valence-corrected chi connectivity index (χ2v) is 8.86. The quantitative estimate of drug-likeness (QED) is 0.319. The van der Waals surface area contributed by atoms with Crippen molar-refractivity contribution in [2.24, 2.45) is 0 Å². The van der Waals surface area contributed by atoms with E-state index in [1.807, 2.05) is 78.9 Å². The fourth-order valence-corrected chi connectivity index (χ4v) is 4.51. The van der Waals surface area contributed by atoms with Gasteiger partial charge >= 0.3 is 5.69 Å². The molecule has 6 heteroatoms. The van der Waals surface area contributed by atoms with E-state index in [1.165, 1.54) is 32.1 Å². The smallest absolute Gasteiger partial charge is 0.337 e. The van der Waals surface area contributed by atoms with E-state index >= 15 is 0 Å². The number of para-hydroxylation sites is 1. The number of rotatable bonds is 9. The molecule has 1 N–H and O–H groups in total. The lowest BCUT2D eigenvalue weighted by molar-refractivity contribution is 0.289. The zero-order valence-electron chi connectivity index (χ0n) is 19.8. The first kappa shape index (κ1) is 23.0. The average molecular weight is 470 g/mol. The van der Waals surface area contributed by atoms with Crippen molar-refractivity contribution < 1.29 is 9.47 Å². The summed E-state index contributed by atoms with van der Waals surface area (Å²) in [6.07, 6.45) is 10.1. The molecule has 0 aliphatic heterocycles. The summed E-state index contributed by atoms with van der Waals surface area (Å²) in [6, 6.07) is 25.4. The first-order chi connectivity index (χ1) is 17.3. The molecule has 5 rings (SSSR count). The summed E-state index contributed by atoms with van der Waals surface area (Å²) in [4.78, 5) is 13.0. The number of ether oxygens (including phenoxy) is 2. The molecule has 3 aromatic carbocycles. The Bertz CT molecular complexity index is 1260. The Morgan fingerprint density at radius 3 is 1.91 bits per heavy atom. The maximum atomic E-state index is 13.0. The summed E-state index contributed by atoms with van der Waals surface area (Å²) in [7, 11) is 0. The standard InChI is InChI=1S/C29H31N3O3/c33-29-31(24-11-15-26(16-12-24)34-22-19-30-23-7-3-1-4-8-23)20-21-32(29)25-13-17-28(18-14-25)35-27-9-5-2-6-10-27/h2,5-6,9-18,20-21,23,30H,1,3-4,7-8,19,22H2. The van der Waals surface area contributed by atoms with E-state index in [9.17, 15) is 4.79 Å². The Hall–Kier alpha value is -3.77. The van der Waals surface area contributed by atoms with Crippen LogP contribution in [-0.4, -0.2) is 28.3 Å². The van der Waals surface area contributed by atoms with Gasteiger partial charge in [-0.1, -0.05) is 37.5 Å². The van der Waals surface area contributed by atoms with Gasteiger partial charge in [0.1, 0.15) is 23.9 Å². The monoisotopic (exact) mass is 469 g/mol. The van der Waals surface area contributed by atoms with Crippen molar-refractivity contribution >= 4 is 0 Å². The van der Waals surface area contributed by atoms with Crippen molar-refractivity contribution in [1.29, 1.82) is 0 Å². The van der Waals surface area contributed by atoms with Crippen LogP contribution < -0.4 is 20.5 Å². The lowest BCUT2D eigenvalue weighted by atomic mass is 9.96. The maximum Gasteiger partial charge on any atom is 0.337 e. The van der Waals surface area contributed by atoms with Gasteiger partial charge in [0.25, 0.3) is 0 Å². The third kappa shape index (κ3) is 5.84. The van der Waals surface area contributed by atoms with E-state index in [4.69, 9.17) is 9.47 Å². The number of imidazole rings is 1. The second kappa shape index (κ2) is 11.1. The molecule has 0 radical (unpaired) electrons. The molecule has 1 aromatic heterocycles. The van der Waals surface area contributed by atoms with Gasteiger partial charge < -0.3 is 14.8 Å². The van der Waals surface area contributed by atoms with E-state index in [-0.39, 0.29) is 5.69 Å². The van der Waals surface area contributed by atoms with Gasteiger partial charge in [-0.25, -0.2) is 4.79 Å². The largest absolute Gasteiger partial charge is 0.492 e. The molecule has 0 atom stereocenters. The summed E-state index contributed by atoms with van der Waals surface area (Å²) < 4.78 is 15.0. The van der Waals surface area contributed by atoms with E-state index in [0.717, 1.165) is 35.2 Å². The zero-order valence-corrected chi connectivity index (χ0v) is 19.8. The number of nitrogens with one attached hydrogen (secondary N) is 1. The van der Waals surface area contributed by atoms with Gasteiger partial charge in [-0.15, -0.1) is 0 Å². The molecule has 1 aliphatic rings. The van der Waals surface area contributed by atoms with Gasteiger partial charge in [0.05, 0.1) is 11.4 Å². The van der Waals surface area contributed by atoms with Crippen LogP contribution in [0.2, 0.25) is 0 Å². The predicted octanol–water partition coefficient (Wildman–Crippen LogP) is 5.72.